The molecular weight excluding hydrogens is 428 g/mol. The molecule has 1 heterocycles. The highest BCUT2D eigenvalue weighted by Gasteiger charge is 2.23. The minimum atomic E-state index is 0.0611. The van der Waals surface area contributed by atoms with Crippen molar-refractivity contribution in [2.75, 3.05) is 6.54 Å². The molecule has 0 fully saturated rings. The van der Waals surface area contributed by atoms with Crippen LogP contribution in [0.25, 0.3) is 0 Å². The van der Waals surface area contributed by atoms with Crippen LogP contribution in [-0.4, -0.2) is 28.7 Å². The predicted octanol–water partition coefficient (Wildman–Crippen LogP) is 7.73. The van der Waals surface area contributed by atoms with Gasteiger partial charge in [0.25, 0.3) is 0 Å². The van der Waals surface area contributed by atoms with Crippen molar-refractivity contribution in [1.29, 1.82) is 0 Å². The average molecular weight is 479 g/mol. The Hall–Kier alpha value is -2.85. The van der Waals surface area contributed by atoms with E-state index in [1.165, 1.54) is 11.1 Å². The molecule has 1 aliphatic rings. The molecule has 0 saturated heterocycles. The van der Waals surface area contributed by atoms with Crippen molar-refractivity contribution in [1.82, 2.24) is 10.2 Å². The van der Waals surface area contributed by atoms with Crippen molar-refractivity contribution in [3.8, 4) is 0 Å². The van der Waals surface area contributed by atoms with E-state index in [-0.39, 0.29) is 11.6 Å². The summed E-state index contributed by atoms with van der Waals surface area (Å²) in [5, 5.41) is 3.56. The number of hydrogen-bond acceptors (Lipinski definition) is 4. The standard InChI is InChI=1S/C29H44N4.C2H6/c1-11-14-26(32-21(4)5)28(27(30)25(13-3)16-15-22(6)12-2)33-18-17-24(19-23(33)7)20-31-29(8,9)10;1-2/h11,13-19,23,31H,1,3,12,20,30H2,2,4-10H3;1-2H3/b22-15-,25-16+,26-14-,28-27-;. The van der Waals surface area contributed by atoms with Crippen molar-refractivity contribution in [3.05, 3.63) is 95.7 Å². The lowest BCUT2D eigenvalue weighted by Crippen LogP contribution is -2.38. The number of nitrogens with two attached hydrogens (primary N) is 1. The molecule has 4 heteroatoms. The first kappa shape index (κ1) is 32.1. The van der Waals surface area contributed by atoms with Crippen LogP contribution in [0.5, 0.6) is 0 Å². The van der Waals surface area contributed by atoms with Gasteiger partial charge in [0.15, 0.2) is 0 Å². The minimum absolute atomic E-state index is 0.0611. The normalized spacial score (nSPS) is 17.7. The van der Waals surface area contributed by atoms with Gasteiger partial charge in [0.05, 0.1) is 17.1 Å². The highest BCUT2D eigenvalue weighted by molar-refractivity contribution is 5.80. The van der Waals surface area contributed by atoms with Gasteiger partial charge in [0, 0.05) is 30.0 Å². The van der Waals surface area contributed by atoms with Gasteiger partial charge in [-0.3, -0.25) is 4.99 Å². The quantitative estimate of drug-likeness (QED) is 0.249. The van der Waals surface area contributed by atoms with E-state index >= 15 is 0 Å². The number of nitrogens with one attached hydrogen (secondary N) is 1. The summed E-state index contributed by atoms with van der Waals surface area (Å²) in [6, 6.07) is 0.0971. The van der Waals surface area contributed by atoms with Gasteiger partial charge in [-0.05, 0) is 78.2 Å². The monoisotopic (exact) mass is 478 g/mol. The topological polar surface area (TPSA) is 53.6 Å². The van der Waals surface area contributed by atoms with Gasteiger partial charge in [0.2, 0.25) is 0 Å². The molecule has 194 valence electrons. The number of nitrogens with zero attached hydrogens (tertiary/aromatic N) is 2. The van der Waals surface area contributed by atoms with E-state index in [1.54, 1.807) is 12.2 Å². The van der Waals surface area contributed by atoms with Crippen LogP contribution < -0.4 is 11.1 Å². The van der Waals surface area contributed by atoms with E-state index in [4.69, 9.17) is 10.7 Å². The largest absolute Gasteiger partial charge is 0.396 e. The maximum atomic E-state index is 6.81. The van der Waals surface area contributed by atoms with E-state index in [2.05, 4.69) is 89.3 Å². The molecule has 0 aliphatic carbocycles. The maximum absolute atomic E-state index is 6.81. The molecule has 3 N–H and O–H groups in total. The Balaban J connectivity index is 0.00000562. The molecule has 4 nitrogen and oxygen atoms in total. The first-order valence-corrected chi connectivity index (χ1v) is 12.7. The van der Waals surface area contributed by atoms with Gasteiger partial charge in [-0.1, -0.05) is 69.9 Å². The number of aliphatic imine (C=N–C) groups is 1. The lowest BCUT2D eigenvalue weighted by Gasteiger charge is -2.34. The fourth-order valence-electron chi connectivity index (χ4n) is 3.21. The molecule has 0 radical (unpaired) electrons. The van der Waals surface area contributed by atoms with Gasteiger partial charge in [-0.25, -0.2) is 0 Å². The first-order chi connectivity index (χ1) is 16.4. The second kappa shape index (κ2) is 15.9. The SMILES string of the molecule is C=C/C=C(N=C(C)C)/C(=C(N)\C(C=C)=C\C=C(\C)CC)N1C=CC(CNC(C)(C)C)=CC1C.CC. The number of rotatable bonds is 10. The highest BCUT2D eigenvalue weighted by Crippen LogP contribution is 2.29. The molecule has 35 heavy (non-hydrogen) atoms. The number of allylic oxidation sites excluding steroid dienone is 6. The Labute approximate surface area is 216 Å². The van der Waals surface area contributed by atoms with Crippen LogP contribution >= 0.6 is 0 Å². The Morgan fingerprint density at radius 2 is 1.77 bits per heavy atom. The van der Waals surface area contributed by atoms with Crippen LogP contribution in [0.3, 0.4) is 0 Å². The first-order valence-electron chi connectivity index (χ1n) is 12.7. The molecule has 1 aliphatic heterocycles. The predicted molar refractivity (Wildman–Crippen MR) is 158 cm³/mol. The van der Waals surface area contributed by atoms with E-state index < -0.39 is 0 Å². The van der Waals surface area contributed by atoms with Crippen molar-refractivity contribution < 1.29 is 0 Å². The summed E-state index contributed by atoms with van der Waals surface area (Å²) in [5.41, 5.74) is 13.4. The fourth-order valence-corrected chi connectivity index (χ4v) is 3.21. The van der Waals surface area contributed by atoms with E-state index in [0.717, 1.165) is 35.6 Å². The molecule has 0 aromatic heterocycles. The van der Waals surface area contributed by atoms with Crippen LogP contribution in [0.1, 0.15) is 75.7 Å². The van der Waals surface area contributed by atoms with Crippen LogP contribution in [0, 0.1) is 0 Å². The lowest BCUT2D eigenvalue weighted by atomic mass is 10.0. The van der Waals surface area contributed by atoms with Gasteiger partial charge >= 0.3 is 0 Å². The third kappa shape index (κ3) is 11.4. The summed E-state index contributed by atoms with van der Waals surface area (Å²) < 4.78 is 0. The van der Waals surface area contributed by atoms with Crippen LogP contribution in [0.15, 0.2) is 101 Å². The molecule has 0 amide bonds. The lowest BCUT2D eigenvalue weighted by molar-refractivity contribution is 0.404. The van der Waals surface area contributed by atoms with Crippen molar-refractivity contribution in [2.24, 2.45) is 10.7 Å². The zero-order chi connectivity index (χ0) is 27.2. The van der Waals surface area contributed by atoms with Crippen molar-refractivity contribution >= 4 is 5.71 Å². The third-order valence-corrected chi connectivity index (χ3v) is 5.18. The van der Waals surface area contributed by atoms with Crippen molar-refractivity contribution in [2.45, 2.75) is 87.2 Å². The maximum Gasteiger partial charge on any atom is 0.0912 e. The van der Waals surface area contributed by atoms with Crippen molar-refractivity contribution in [3.63, 3.8) is 0 Å². The van der Waals surface area contributed by atoms with Crippen LogP contribution in [0.2, 0.25) is 0 Å². The molecule has 0 bridgehead atoms. The summed E-state index contributed by atoms with van der Waals surface area (Å²) in [6.07, 6.45) is 17.1. The Kier molecular flexibility index (Phi) is 14.6. The van der Waals surface area contributed by atoms with E-state index in [9.17, 15) is 0 Å². The molecule has 1 unspecified atom stereocenters. The minimum Gasteiger partial charge on any atom is -0.396 e. The van der Waals surface area contributed by atoms with Gasteiger partial charge in [-0.15, -0.1) is 0 Å². The zero-order valence-electron chi connectivity index (χ0n) is 24.0. The Morgan fingerprint density at radius 1 is 1.14 bits per heavy atom. The summed E-state index contributed by atoms with van der Waals surface area (Å²) in [6.45, 7) is 29.6. The van der Waals surface area contributed by atoms with Crippen LogP contribution in [0.4, 0.5) is 0 Å². The summed E-state index contributed by atoms with van der Waals surface area (Å²) in [5.74, 6) is 0. The molecule has 1 atom stereocenters. The molecule has 0 aromatic rings. The Morgan fingerprint density at radius 3 is 2.23 bits per heavy atom. The average Bonchev–Trinajstić information content (AvgIpc) is 2.80. The molecule has 1 rings (SSSR count). The van der Waals surface area contributed by atoms with Gasteiger partial charge in [0.1, 0.15) is 0 Å². The zero-order valence-corrected chi connectivity index (χ0v) is 24.0. The fraction of sp³-hybridized carbons (Fsp3) is 0.452. The molecular formula is C31H50N4. The second-order valence-corrected chi connectivity index (χ2v) is 9.61. The Bertz CT molecular complexity index is 924. The summed E-state index contributed by atoms with van der Waals surface area (Å²) in [4.78, 5) is 6.97. The van der Waals surface area contributed by atoms with Crippen LogP contribution in [-0.2, 0) is 0 Å². The molecule has 0 spiro atoms. The summed E-state index contributed by atoms with van der Waals surface area (Å²) >= 11 is 0. The van der Waals surface area contributed by atoms with Gasteiger partial charge < -0.3 is 16.0 Å². The highest BCUT2D eigenvalue weighted by atomic mass is 15.2. The molecule has 0 aromatic carbocycles. The van der Waals surface area contributed by atoms with E-state index in [1.807, 2.05) is 39.8 Å². The summed E-state index contributed by atoms with van der Waals surface area (Å²) in [7, 11) is 0. The smallest absolute Gasteiger partial charge is 0.0912 e. The second-order valence-electron chi connectivity index (χ2n) is 9.61. The number of hydrogen-bond donors (Lipinski definition) is 2. The van der Waals surface area contributed by atoms with E-state index in [0.29, 0.717) is 5.70 Å². The van der Waals surface area contributed by atoms with Gasteiger partial charge in [-0.2, -0.15) is 0 Å². The molecule has 0 saturated carbocycles. The third-order valence-electron chi connectivity index (χ3n) is 5.18.